The number of nitrogens with one attached hydrogen (secondary N) is 1. The Kier molecular flexibility index (Phi) is 3.76. The highest BCUT2D eigenvalue weighted by Crippen LogP contribution is 2.34. The maximum absolute atomic E-state index is 12.2. The van der Waals surface area contributed by atoms with E-state index in [4.69, 9.17) is 16.3 Å². The summed E-state index contributed by atoms with van der Waals surface area (Å²) in [5.74, 6) is -0.315. The topological polar surface area (TPSA) is 75.6 Å². The van der Waals surface area contributed by atoms with Crippen LogP contribution in [0.1, 0.15) is 24.8 Å². The summed E-state index contributed by atoms with van der Waals surface area (Å²) in [5.41, 5.74) is 0.872. The second kappa shape index (κ2) is 5.56. The Hall–Kier alpha value is -1.75. The molecule has 0 spiro atoms. The van der Waals surface area contributed by atoms with Crippen LogP contribution in [-0.2, 0) is 16.0 Å². The predicted octanol–water partition coefficient (Wildman–Crippen LogP) is 2.01. The van der Waals surface area contributed by atoms with E-state index in [0.29, 0.717) is 29.5 Å². The third-order valence-corrected chi connectivity index (χ3v) is 4.11. The Bertz CT molecular complexity index is 585. The normalized spacial score (nSPS) is 21.3. The molecule has 1 saturated carbocycles. The van der Waals surface area contributed by atoms with E-state index in [2.05, 4.69) is 5.32 Å². The lowest BCUT2D eigenvalue weighted by Gasteiger charge is -2.17. The number of ether oxygens (including phenoxy) is 1. The van der Waals surface area contributed by atoms with E-state index in [1.54, 1.807) is 18.2 Å². The molecule has 6 heteroatoms. The standard InChI is InChI=1S/C15H16ClNO4/c16-10-3-4-12-9(6-10)7-13(21-12)14(18)17-11(15(19)20)5-8-1-2-8/h3-4,6,8,11,13H,1-2,5,7H2,(H,17,18)(H,19,20). The average molecular weight is 310 g/mol. The molecule has 3 rings (SSSR count). The van der Waals surface area contributed by atoms with Crippen molar-refractivity contribution in [3.63, 3.8) is 0 Å². The molecular weight excluding hydrogens is 294 g/mol. The van der Waals surface area contributed by atoms with Gasteiger partial charge in [-0.25, -0.2) is 4.79 Å². The molecule has 0 bridgehead atoms. The Morgan fingerprint density at radius 1 is 1.43 bits per heavy atom. The predicted molar refractivity (Wildman–Crippen MR) is 76.5 cm³/mol. The van der Waals surface area contributed by atoms with Crippen LogP contribution in [-0.4, -0.2) is 29.1 Å². The van der Waals surface area contributed by atoms with E-state index in [0.717, 1.165) is 18.4 Å². The van der Waals surface area contributed by atoms with Crippen molar-refractivity contribution in [1.29, 1.82) is 0 Å². The minimum absolute atomic E-state index is 0.379. The molecule has 2 N–H and O–H groups in total. The number of carbonyl (C=O) groups excluding carboxylic acids is 1. The van der Waals surface area contributed by atoms with Gasteiger partial charge < -0.3 is 15.2 Å². The van der Waals surface area contributed by atoms with Crippen LogP contribution in [0.3, 0.4) is 0 Å². The van der Waals surface area contributed by atoms with E-state index < -0.39 is 18.1 Å². The summed E-state index contributed by atoms with van der Waals surface area (Å²) in [6.45, 7) is 0. The third-order valence-electron chi connectivity index (χ3n) is 3.87. The number of amides is 1. The summed E-state index contributed by atoms with van der Waals surface area (Å²) < 4.78 is 5.56. The second-order valence-electron chi connectivity index (χ2n) is 5.64. The van der Waals surface area contributed by atoms with Gasteiger partial charge in [-0.2, -0.15) is 0 Å². The van der Waals surface area contributed by atoms with Gasteiger partial charge in [0.15, 0.2) is 6.10 Å². The highest BCUT2D eigenvalue weighted by atomic mass is 35.5. The fourth-order valence-corrected chi connectivity index (χ4v) is 2.73. The Morgan fingerprint density at radius 2 is 2.19 bits per heavy atom. The number of halogens is 1. The van der Waals surface area contributed by atoms with Crippen molar-refractivity contribution in [2.75, 3.05) is 0 Å². The highest BCUT2D eigenvalue weighted by Gasteiger charge is 2.34. The van der Waals surface area contributed by atoms with Gasteiger partial charge in [0.2, 0.25) is 0 Å². The van der Waals surface area contributed by atoms with Gasteiger partial charge in [-0.05, 0) is 36.1 Å². The summed E-state index contributed by atoms with van der Waals surface area (Å²) in [6, 6.07) is 4.36. The quantitative estimate of drug-likeness (QED) is 0.872. The molecule has 2 aliphatic rings. The second-order valence-corrected chi connectivity index (χ2v) is 6.08. The van der Waals surface area contributed by atoms with Crippen LogP contribution < -0.4 is 10.1 Å². The van der Waals surface area contributed by atoms with Crippen molar-refractivity contribution in [3.8, 4) is 5.75 Å². The molecule has 1 aromatic carbocycles. The van der Waals surface area contributed by atoms with Gasteiger partial charge in [0, 0.05) is 11.4 Å². The van der Waals surface area contributed by atoms with Gasteiger partial charge in [0.05, 0.1) is 0 Å². The first-order chi connectivity index (χ1) is 10.0. The van der Waals surface area contributed by atoms with E-state index in [-0.39, 0.29) is 5.91 Å². The Morgan fingerprint density at radius 3 is 2.86 bits per heavy atom. The zero-order valence-corrected chi connectivity index (χ0v) is 12.1. The molecular formula is C15H16ClNO4. The number of rotatable bonds is 5. The monoisotopic (exact) mass is 309 g/mol. The average Bonchev–Trinajstić information content (AvgIpc) is 3.14. The van der Waals surface area contributed by atoms with Crippen LogP contribution in [0.5, 0.6) is 5.75 Å². The van der Waals surface area contributed by atoms with Gasteiger partial charge in [0.1, 0.15) is 11.8 Å². The summed E-state index contributed by atoms with van der Waals surface area (Å²) in [5, 5.41) is 12.4. The highest BCUT2D eigenvalue weighted by molar-refractivity contribution is 6.30. The van der Waals surface area contributed by atoms with E-state index >= 15 is 0 Å². The van der Waals surface area contributed by atoms with Crippen molar-refractivity contribution in [3.05, 3.63) is 28.8 Å². The number of hydrogen-bond donors (Lipinski definition) is 2. The molecule has 1 aliphatic heterocycles. The molecule has 1 amide bonds. The van der Waals surface area contributed by atoms with Crippen LogP contribution in [0.2, 0.25) is 5.02 Å². The first-order valence-corrected chi connectivity index (χ1v) is 7.39. The minimum atomic E-state index is -0.992. The molecule has 0 saturated heterocycles. The molecule has 2 unspecified atom stereocenters. The number of carboxylic acids is 1. The molecule has 5 nitrogen and oxygen atoms in total. The van der Waals surface area contributed by atoms with Gasteiger partial charge in [-0.1, -0.05) is 24.4 Å². The summed E-state index contributed by atoms with van der Waals surface area (Å²) >= 11 is 5.91. The summed E-state index contributed by atoms with van der Waals surface area (Å²) in [4.78, 5) is 23.4. The van der Waals surface area contributed by atoms with Crippen LogP contribution >= 0.6 is 11.6 Å². The summed E-state index contributed by atoms with van der Waals surface area (Å²) in [7, 11) is 0. The lowest BCUT2D eigenvalue weighted by molar-refractivity contribution is -0.143. The number of fused-ring (bicyclic) bond motifs is 1. The first-order valence-electron chi connectivity index (χ1n) is 7.01. The van der Waals surface area contributed by atoms with Crippen molar-refractivity contribution in [2.45, 2.75) is 37.8 Å². The minimum Gasteiger partial charge on any atom is -0.480 e. The fourth-order valence-electron chi connectivity index (χ4n) is 2.54. The molecule has 112 valence electrons. The molecule has 1 heterocycles. The number of aliphatic carboxylic acids is 1. The van der Waals surface area contributed by atoms with Crippen LogP contribution in [0.15, 0.2) is 18.2 Å². The Balaban J connectivity index is 1.62. The number of benzene rings is 1. The lowest BCUT2D eigenvalue weighted by atomic mass is 10.1. The summed E-state index contributed by atoms with van der Waals surface area (Å²) in [6.07, 6.45) is 2.32. The van der Waals surface area contributed by atoms with E-state index in [9.17, 15) is 14.7 Å². The molecule has 0 aromatic heterocycles. The van der Waals surface area contributed by atoms with Crippen LogP contribution in [0.4, 0.5) is 0 Å². The maximum Gasteiger partial charge on any atom is 0.326 e. The zero-order valence-electron chi connectivity index (χ0n) is 11.3. The molecule has 1 aliphatic carbocycles. The van der Waals surface area contributed by atoms with Gasteiger partial charge in [-0.3, -0.25) is 4.79 Å². The Labute approximate surface area is 127 Å². The zero-order chi connectivity index (χ0) is 15.0. The van der Waals surface area contributed by atoms with E-state index in [1.165, 1.54) is 0 Å². The molecule has 1 fully saturated rings. The molecule has 2 atom stereocenters. The first kappa shape index (κ1) is 14.2. The molecule has 1 aromatic rings. The van der Waals surface area contributed by atoms with Crippen LogP contribution in [0.25, 0.3) is 0 Å². The number of hydrogen-bond acceptors (Lipinski definition) is 3. The van der Waals surface area contributed by atoms with Crippen molar-refractivity contribution in [1.82, 2.24) is 5.32 Å². The van der Waals surface area contributed by atoms with Gasteiger partial charge in [0.25, 0.3) is 5.91 Å². The maximum atomic E-state index is 12.2. The fraction of sp³-hybridized carbons (Fsp3) is 0.467. The SMILES string of the molecule is O=C(O)C(CC1CC1)NC(=O)C1Cc2cc(Cl)ccc2O1. The van der Waals surface area contributed by atoms with Crippen molar-refractivity contribution >= 4 is 23.5 Å². The largest absolute Gasteiger partial charge is 0.480 e. The third kappa shape index (κ3) is 3.29. The van der Waals surface area contributed by atoms with E-state index in [1.807, 2.05) is 0 Å². The lowest BCUT2D eigenvalue weighted by Crippen LogP contribution is -2.47. The molecule has 0 radical (unpaired) electrons. The van der Waals surface area contributed by atoms with Crippen molar-refractivity contribution < 1.29 is 19.4 Å². The smallest absolute Gasteiger partial charge is 0.326 e. The molecule has 21 heavy (non-hydrogen) atoms. The van der Waals surface area contributed by atoms with Crippen LogP contribution in [0, 0.1) is 5.92 Å². The number of carbonyl (C=O) groups is 2. The van der Waals surface area contributed by atoms with Gasteiger partial charge >= 0.3 is 5.97 Å². The number of carboxylic acid groups (broad SMARTS) is 1. The van der Waals surface area contributed by atoms with Crippen molar-refractivity contribution in [2.24, 2.45) is 5.92 Å². The van der Waals surface area contributed by atoms with Gasteiger partial charge in [-0.15, -0.1) is 0 Å².